The molecule has 2 radical (unpaired) electrons. The molecule has 0 amide bonds. The molecule has 2 N–H and O–H groups in total. The van der Waals surface area contributed by atoms with Crippen molar-refractivity contribution in [3.63, 3.8) is 0 Å². The second-order valence-electron chi connectivity index (χ2n) is 0.434. The molecular formula is H6Na2O4PbS2. The molecule has 0 bridgehead atoms. The van der Waals surface area contributed by atoms with Crippen molar-refractivity contribution < 1.29 is 17.5 Å². The van der Waals surface area contributed by atoms with Crippen LogP contribution < -0.4 is 0 Å². The van der Waals surface area contributed by atoms with Crippen LogP contribution in [-0.4, -0.2) is 104 Å². The second kappa shape index (κ2) is 13.7. The Labute approximate surface area is 122 Å². The quantitative estimate of drug-likeness (QED) is 0.288. The molecule has 0 aromatic rings. The zero-order chi connectivity index (χ0) is 5.15. The molecule has 0 spiro atoms. The van der Waals surface area contributed by atoms with Gasteiger partial charge in [0.15, 0.2) is 0 Å². The van der Waals surface area contributed by atoms with Crippen LogP contribution in [0.25, 0.3) is 0 Å². The van der Waals surface area contributed by atoms with E-state index in [4.69, 9.17) is 9.11 Å². The molecule has 0 fully saturated rings. The van der Waals surface area contributed by atoms with E-state index in [0.29, 0.717) is 0 Å². The van der Waals surface area contributed by atoms with Crippen LogP contribution in [0, 0.1) is 0 Å². The minimum atomic E-state index is -2.59. The molecular weight excluding hydrogens is 381 g/mol. The average molecular weight is 387 g/mol. The average Bonchev–Trinajstić information content (AvgIpc) is 1.36. The Kier molecular flexibility index (Phi) is 34.6. The Morgan fingerprint density at radius 2 is 1.00 bits per heavy atom. The maximum atomic E-state index is 9.26. The van der Waals surface area contributed by atoms with Crippen molar-refractivity contribution in [2.75, 3.05) is 0 Å². The molecule has 9 heavy (non-hydrogen) atoms. The van der Waals surface area contributed by atoms with Gasteiger partial charge in [0.1, 0.15) is 0 Å². The molecule has 0 aliphatic heterocycles. The summed E-state index contributed by atoms with van der Waals surface area (Å²) in [6, 6.07) is 0. The van der Waals surface area contributed by atoms with E-state index in [2.05, 4.69) is 0 Å². The van der Waals surface area contributed by atoms with Crippen molar-refractivity contribution in [3.05, 3.63) is 0 Å². The molecule has 0 aliphatic carbocycles. The number of rotatable bonds is 1. The Morgan fingerprint density at radius 1 is 0.889 bits per heavy atom. The van der Waals surface area contributed by atoms with Crippen LogP contribution in [0.5, 0.6) is 0 Å². The van der Waals surface area contributed by atoms with Gasteiger partial charge in [0.2, 0.25) is 0 Å². The van der Waals surface area contributed by atoms with Gasteiger partial charge >= 0.3 is 86.4 Å². The van der Waals surface area contributed by atoms with Gasteiger partial charge in [-0.25, -0.2) is 8.42 Å². The van der Waals surface area contributed by atoms with E-state index in [1.165, 1.54) is 0 Å². The molecule has 4 nitrogen and oxygen atoms in total. The summed E-state index contributed by atoms with van der Waals surface area (Å²) >= 11 is 0. The summed E-state index contributed by atoms with van der Waals surface area (Å²) in [6.45, 7) is 0. The Balaban J connectivity index is -0.0000000417. The van der Waals surface area contributed by atoms with Gasteiger partial charge in [0.05, 0.1) is 0 Å². The van der Waals surface area contributed by atoms with Gasteiger partial charge in [0, 0.05) is 0 Å². The number of hydrogen-bond donors (Lipinski definition) is 2. The minimum absolute atomic E-state index is 0. The van der Waals surface area contributed by atoms with E-state index in [9.17, 15) is 8.42 Å². The molecule has 2 atom stereocenters. The van der Waals surface area contributed by atoms with Crippen LogP contribution in [0.4, 0.5) is 0 Å². The van der Waals surface area contributed by atoms with Crippen molar-refractivity contribution in [2.24, 2.45) is 0 Å². The predicted octanol–water partition coefficient (Wildman–Crippen LogP) is -2.87. The first kappa shape index (κ1) is 22.7. The van der Waals surface area contributed by atoms with E-state index in [-0.39, 0.29) is 86.4 Å². The fourth-order valence-corrected chi connectivity index (χ4v) is 0. The van der Waals surface area contributed by atoms with Crippen LogP contribution in [0.2, 0.25) is 0 Å². The molecule has 0 aromatic heterocycles. The zero-order valence-corrected chi connectivity index (χ0v) is 10.4. The van der Waals surface area contributed by atoms with Crippen molar-refractivity contribution in [1.82, 2.24) is 0 Å². The Bertz CT molecular complexity index is 82.6. The monoisotopic (exact) mass is 388 g/mol. The fourth-order valence-electron chi connectivity index (χ4n) is 0. The van der Waals surface area contributed by atoms with Gasteiger partial charge in [-0.1, -0.05) is 0 Å². The third-order valence-corrected chi connectivity index (χ3v) is 1.10. The summed E-state index contributed by atoms with van der Waals surface area (Å²) in [4.78, 5) is 0. The van der Waals surface area contributed by atoms with Crippen LogP contribution in [0.3, 0.4) is 0 Å². The van der Waals surface area contributed by atoms with Gasteiger partial charge in [0.25, 0.3) is 20.2 Å². The summed E-state index contributed by atoms with van der Waals surface area (Å²) in [6.07, 6.45) is 0. The molecule has 0 rings (SSSR count). The van der Waals surface area contributed by atoms with Crippen molar-refractivity contribution in [2.45, 2.75) is 0 Å². The first-order valence-corrected chi connectivity index (χ1v) is 3.60. The molecule has 0 saturated heterocycles. The van der Waals surface area contributed by atoms with Crippen molar-refractivity contribution in [1.29, 1.82) is 0 Å². The third-order valence-electron chi connectivity index (χ3n) is 0.122. The van der Waals surface area contributed by atoms with E-state index in [1.807, 2.05) is 0 Å². The summed E-state index contributed by atoms with van der Waals surface area (Å²) in [5, 5.41) is 0. The molecule has 2 unspecified atom stereocenters. The van der Waals surface area contributed by atoms with Crippen LogP contribution in [-0.2, 0) is 20.2 Å². The standard InChI is InChI=1S/2Na.H2O4S2.Pb.4H/c;;1-5(2)6(3)4;;;;;/h;;(H,1,2)(H,3,4);;;;;. The first-order chi connectivity index (χ1) is 2.64. The Morgan fingerprint density at radius 3 is 1.00 bits per heavy atom. The summed E-state index contributed by atoms with van der Waals surface area (Å²) in [5.74, 6) is 0. The molecule has 0 aliphatic rings. The van der Waals surface area contributed by atoms with E-state index in [0.717, 1.165) is 0 Å². The molecule has 48 valence electrons. The number of hydrogen-bond acceptors (Lipinski definition) is 2. The van der Waals surface area contributed by atoms with Gasteiger partial charge < -0.3 is 0 Å². The molecule has 0 heterocycles. The van der Waals surface area contributed by atoms with Gasteiger partial charge in [-0.2, -0.15) is 0 Å². The van der Waals surface area contributed by atoms with E-state index in [1.54, 1.807) is 0 Å². The second-order valence-corrected chi connectivity index (χ2v) is 3.01. The van der Waals surface area contributed by atoms with E-state index < -0.39 is 20.2 Å². The van der Waals surface area contributed by atoms with Crippen LogP contribution in [0.15, 0.2) is 0 Å². The summed E-state index contributed by atoms with van der Waals surface area (Å²) in [5.41, 5.74) is 0. The van der Waals surface area contributed by atoms with E-state index >= 15 is 0 Å². The maximum absolute atomic E-state index is 9.26. The van der Waals surface area contributed by atoms with Gasteiger partial charge in [-0.3, -0.25) is 9.11 Å². The topological polar surface area (TPSA) is 74.6 Å². The molecule has 9 heteroatoms. The van der Waals surface area contributed by atoms with Crippen molar-refractivity contribution in [3.8, 4) is 0 Å². The normalized spacial score (nSPS) is 13.1. The zero-order valence-electron chi connectivity index (χ0n) is 3.23. The van der Waals surface area contributed by atoms with Gasteiger partial charge in [-0.15, -0.1) is 0 Å². The van der Waals surface area contributed by atoms with Crippen molar-refractivity contribution >= 4 is 107 Å². The van der Waals surface area contributed by atoms with Crippen LogP contribution >= 0.6 is 0 Å². The van der Waals surface area contributed by atoms with Gasteiger partial charge in [-0.05, 0) is 0 Å². The summed E-state index contributed by atoms with van der Waals surface area (Å²) < 4.78 is 33.6. The van der Waals surface area contributed by atoms with Crippen LogP contribution in [0.1, 0.15) is 0 Å². The first-order valence-electron chi connectivity index (χ1n) is 0.865. The predicted molar refractivity (Wildman–Crippen MR) is 44.4 cm³/mol. The fraction of sp³-hybridized carbons (Fsp3) is 0. The summed E-state index contributed by atoms with van der Waals surface area (Å²) in [7, 11) is -5.18. The third kappa shape index (κ3) is 18.3. The SMILES string of the molecule is O=S(O)S(=O)O.[NaH].[NaH].[PbH2]. The Hall–Kier alpha value is 3.14. The molecule has 0 saturated carbocycles. The molecule has 0 aromatic carbocycles.